The first-order chi connectivity index (χ1) is 17.5. The first-order valence-electron chi connectivity index (χ1n) is 11.6. The molecule has 0 bridgehead atoms. The average Bonchev–Trinajstić information content (AvgIpc) is 3.61. The molecule has 0 saturated carbocycles. The van der Waals surface area contributed by atoms with Gasteiger partial charge in [0.15, 0.2) is 5.65 Å². The topological polar surface area (TPSA) is 103 Å². The molecule has 9 nitrogen and oxygen atoms in total. The third-order valence-electron chi connectivity index (χ3n) is 5.88. The molecule has 0 fully saturated rings. The molecule has 1 amide bonds. The van der Waals surface area contributed by atoms with Crippen LogP contribution in [0.3, 0.4) is 0 Å². The van der Waals surface area contributed by atoms with E-state index >= 15 is 0 Å². The Kier molecular flexibility index (Phi) is 6.55. The standard InChI is InChI=1S/C25H25FN8OS/c1-4-18-7-15(2)36-23(18)22-13-29-24-21(34-20(5-6-26)12-31-32-34)8-19(14-33(22)24)25(35)30-11-17-9-27-16(3)28-10-17/h7-10,12-14H,4-6,11H2,1-3H3,(H,30,35). The normalized spacial score (nSPS) is 11.3. The number of pyridine rings is 1. The highest BCUT2D eigenvalue weighted by atomic mass is 32.1. The number of halogens is 1. The summed E-state index contributed by atoms with van der Waals surface area (Å²) in [6, 6.07) is 3.89. The van der Waals surface area contributed by atoms with Gasteiger partial charge in [0.1, 0.15) is 11.5 Å². The van der Waals surface area contributed by atoms with Crippen molar-refractivity contribution in [1.82, 2.24) is 39.7 Å². The number of carbonyl (C=O) groups excluding carboxylic acids is 1. The van der Waals surface area contributed by atoms with Crippen molar-refractivity contribution in [2.45, 2.75) is 40.2 Å². The van der Waals surface area contributed by atoms with Gasteiger partial charge in [-0.3, -0.25) is 13.6 Å². The van der Waals surface area contributed by atoms with Crippen molar-refractivity contribution >= 4 is 22.9 Å². The Morgan fingerprint density at radius 2 is 1.92 bits per heavy atom. The van der Waals surface area contributed by atoms with Gasteiger partial charge < -0.3 is 5.32 Å². The molecular formula is C25H25FN8OS. The van der Waals surface area contributed by atoms with E-state index in [1.54, 1.807) is 46.9 Å². The van der Waals surface area contributed by atoms with Crippen molar-refractivity contribution in [3.05, 3.63) is 76.2 Å². The number of alkyl halides is 1. The fourth-order valence-electron chi connectivity index (χ4n) is 4.08. The van der Waals surface area contributed by atoms with Gasteiger partial charge in [0.2, 0.25) is 0 Å². The number of fused-ring (bicyclic) bond motifs is 1. The first-order valence-corrected chi connectivity index (χ1v) is 12.4. The summed E-state index contributed by atoms with van der Waals surface area (Å²) in [5.74, 6) is 0.392. The Labute approximate surface area is 211 Å². The first kappa shape index (κ1) is 23.7. The van der Waals surface area contributed by atoms with Crippen LogP contribution in [-0.4, -0.2) is 46.9 Å². The van der Waals surface area contributed by atoms with Crippen molar-refractivity contribution in [3.8, 4) is 16.3 Å². The fourth-order valence-corrected chi connectivity index (χ4v) is 5.20. The van der Waals surface area contributed by atoms with Gasteiger partial charge in [0, 0.05) is 42.0 Å². The van der Waals surface area contributed by atoms with E-state index in [9.17, 15) is 9.18 Å². The molecule has 0 aliphatic rings. The highest BCUT2D eigenvalue weighted by Crippen LogP contribution is 2.34. The molecule has 1 N–H and O–H groups in total. The number of hydrogen-bond acceptors (Lipinski definition) is 7. The molecule has 5 rings (SSSR count). The van der Waals surface area contributed by atoms with E-state index in [2.05, 4.69) is 50.5 Å². The number of thiophene rings is 1. The number of rotatable bonds is 8. The molecule has 11 heteroatoms. The maximum Gasteiger partial charge on any atom is 0.253 e. The van der Waals surface area contributed by atoms with Gasteiger partial charge in [-0.15, -0.1) is 16.4 Å². The molecule has 0 aliphatic carbocycles. The molecule has 36 heavy (non-hydrogen) atoms. The van der Waals surface area contributed by atoms with Crippen molar-refractivity contribution in [1.29, 1.82) is 0 Å². The fraction of sp³-hybridized carbons (Fsp3) is 0.280. The summed E-state index contributed by atoms with van der Waals surface area (Å²) in [5.41, 5.74) is 5.06. The number of hydrogen-bond donors (Lipinski definition) is 1. The van der Waals surface area contributed by atoms with E-state index < -0.39 is 6.67 Å². The number of nitrogens with one attached hydrogen (secondary N) is 1. The molecule has 0 saturated heterocycles. The lowest BCUT2D eigenvalue weighted by Crippen LogP contribution is -2.24. The largest absolute Gasteiger partial charge is 0.348 e. The average molecular weight is 505 g/mol. The summed E-state index contributed by atoms with van der Waals surface area (Å²) in [6.45, 7) is 5.74. The van der Waals surface area contributed by atoms with E-state index in [-0.39, 0.29) is 18.9 Å². The molecule has 5 aromatic heterocycles. The maximum atomic E-state index is 13.3. The van der Waals surface area contributed by atoms with Gasteiger partial charge >= 0.3 is 0 Å². The smallest absolute Gasteiger partial charge is 0.253 e. The summed E-state index contributed by atoms with van der Waals surface area (Å²) in [7, 11) is 0. The highest BCUT2D eigenvalue weighted by Gasteiger charge is 2.20. The van der Waals surface area contributed by atoms with Gasteiger partial charge in [-0.1, -0.05) is 12.1 Å². The molecule has 0 aromatic carbocycles. The van der Waals surface area contributed by atoms with Gasteiger partial charge in [-0.05, 0) is 38.0 Å². The van der Waals surface area contributed by atoms with E-state index in [0.717, 1.165) is 22.6 Å². The molecule has 5 heterocycles. The third-order valence-corrected chi connectivity index (χ3v) is 7.00. The van der Waals surface area contributed by atoms with Gasteiger partial charge in [0.25, 0.3) is 5.91 Å². The highest BCUT2D eigenvalue weighted by molar-refractivity contribution is 7.15. The Morgan fingerprint density at radius 1 is 1.11 bits per heavy atom. The van der Waals surface area contributed by atoms with Crippen LogP contribution in [-0.2, 0) is 19.4 Å². The summed E-state index contributed by atoms with van der Waals surface area (Å²) >= 11 is 1.69. The lowest BCUT2D eigenvalue weighted by atomic mass is 10.1. The minimum absolute atomic E-state index is 0.153. The Morgan fingerprint density at radius 3 is 2.67 bits per heavy atom. The number of carbonyl (C=O) groups is 1. The van der Waals surface area contributed by atoms with Gasteiger partial charge in [-0.25, -0.2) is 19.6 Å². The van der Waals surface area contributed by atoms with Crippen LogP contribution < -0.4 is 5.32 Å². The lowest BCUT2D eigenvalue weighted by molar-refractivity contribution is 0.0950. The predicted molar refractivity (Wildman–Crippen MR) is 135 cm³/mol. The third kappa shape index (κ3) is 4.49. The number of aryl methyl sites for hydroxylation is 4. The molecule has 0 unspecified atom stereocenters. The second-order valence-electron chi connectivity index (χ2n) is 8.41. The number of nitrogens with zero attached hydrogens (tertiary/aromatic N) is 7. The van der Waals surface area contributed by atoms with Crippen LogP contribution in [0.1, 0.15) is 44.8 Å². The van der Waals surface area contributed by atoms with Crippen LogP contribution in [0.25, 0.3) is 21.9 Å². The van der Waals surface area contributed by atoms with Gasteiger partial charge in [-0.2, -0.15) is 0 Å². The molecule has 0 radical (unpaired) electrons. The molecular weight excluding hydrogens is 479 g/mol. The van der Waals surface area contributed by atoms with E-state index in [1.165, 1.54) is 16.6 Å². The molecule has 184 valence electrons. The van der Waals surface area contributed by atoms with Crippen LogP contribution in [0, 0.1) is 13.8 Å². The zero-order valence-corrected chi connectivity index (χ0v) is 21.0. The van der Waals surface area contributed by atoms with Crippen LogP contribution in [0.4, 0.5) is 4.39 Å². The summed E-state index contributed by atoms with van der Waals surface area (Å²) < 4.78 is 16.7. The summed E-state index contributed by atoms with van der Waals surface area (Å²) in [6.07, 6.45) is 9.53. The number of aromatic nitrogens is 7. The van der Waals surface area contributed by atoms with Crippen molar-refractivity contribution in [2.24, 2.45) is 0 Å². The second kappa shape index (κ2) is 9.94. The Balaban J connectivity index is 1.61. The molecule has 0 aliphatic heterocycles. The van der Waals surface area contributed by atoms with Crippen molar-refractivity contribution in [2.75, 3.05) is 6.67 Å². The summed E-state index contributed by atoms with van der Waals surface area (Å²) in [5, 5.41) is 11.1. The molecule has 0 atom stereocenters. The maximum absolute atomic E-state index is 13.3. The zero-order valence-electron chi connectivity index (χ0n) is 20.2. The minimum atomic E-state index is -0.545. The van der Waals surface area contributed by atoms with E-state index in [1.807, 2.05) is 11.3 Å². The van der Waals surface area contributed by atoms with Crippen molar-refractivity contribution < 1.29 is 9.18 Å². The van der Waals surface area contributed by atoms with Crippen LogP contribution in [0.15, 0.2) is 43.1 Å². The molecule has 5 aromatic rings. The SMILES string of the molecule is CCc1cc(C)sc1-c1cnc2c(-n3nncc3CCF)cc(C(=O)NCc3cnc(C)nc3)cn12. The molecule has 0 spiro atoms. The summed E-state index contributed by atoms with van der Waals surface area (Å²) in [4.78, 5) is 28.6. The van der Waals surface area contributed by atoms with Gasteiger partial charge in [0.05, 0.1) is 40.9 Å². The predicted octanol–water partition coefficient (Wildman–Crippen LogP) is 4.05. The Hall–Kier alpha value is -3.99. The minimum Gasteiger partial charge on any atom is -0.348 e. The van der Waals surface area contributed by atoms with Crippen LogP contribution in [0.5, 0.6) is 0 Å². The van der Waals surface area contributed by atoms with Crippen molar-refractivity contribution in [3.63, 3.8) is 0 Å². The monoisotopic (exact) mass is 504 g/mol. The lowest BCUT2D eigenvalue weighted by Gasteiger charge is -2.12. The Bertz CT molecular complexity index is 1540. The quantitative estimate of drug-likeness (QED) is 0.342. The zero-order chi connectivity index (χ0) is 25.2. The van der Waals surface area contributed by atoms with Crippen LogP contribution in [0.2, 0.25) is 0 Å². The van der Waals surface area contributed by atoms with Crippen LogP contribution >= 0.6 is 11.3 Å². The van der Waals surface area contributed by atoms with E-state index in [4.69, 9.17) is 0 Å². The number of amides is 1. The number of imidazole rings is 1. The van der Waals surface area contributed by atoms with E-state index in [0.29, 0.717) is 28.4 Å². The second-order valence-corrected chi connectivity index (χ2v) is 9.67.